The molecule has 0 saturated heterocycles. The molecule has 0 saturated carbocycles. The number of anilines is 3. The highest BCUT2D eigenvalue weighted by molar-refractivity contribution is 6.21. The first-order valence-corrected chi connectivity index (χ1v) is 31.3. The molecule has 13 aromatic carbocycles. The van der Waals surface area contributed by atoms with Crippen LogP contribution in [0.2, 0.25) is 0 Å². The number of benzene rings is 13. The van der Waals surface area contributed by atoms with Crippen molar-refractivity contribution < 1.29 is 8.83 Å². The van der Waals surface area contributed by atoms with Crippen LogP contribution in [-0.2, 0) is 21.7 Å². The Hall–Kier alpha value is -10.7. The van der Waals surface area contributed by atoms with Gasteiger partial charge in [-0.15, -0.1) is 0 Å². The van der Waals surface area contributed by atoms with Crippen molar-refractivity contribution in [3.63, 3.8) is 0 Å². The second-order valence-electron chi connectivity index (χ2n) is 26.1. The first-order chi connectivity index (χ1) is 43.7. The molecule has 2 heterocycles. The van der Waals surface area contributed by atoms with Gasteiger partial charge in [0.2, 0.25) is 0 Å². The minimum absolute atomic E-state index is 0.263. The Morgan fingerprint density at radius 2 is 0.719 bits per heavy atom. The molecule has 2 aromatic heterocycles. The SMILES string of the molecule is CC1(C)c2ccccc2-c2c1c1c(c3c2oc2ccccc23)-c2ccc(N(c3ccccc3)c3ccc4c(c3)C(c3ccccc3)(c3ccccc3)c3cc5c(cc3-4)C(c3ccccc3)(c3ccccc3)c3ccc4oc6ccccc6c4c3-5)cc2C1(C)C. The van der Waals surface area contributed by atoms with Gasteiger partial charge in [0.25, 0.3) is 0 Å². The summed E-state index contributed by atoms with van der Waals surface area (Å²) in [5.74, 6) is 0. The van der Waals surface area contributed by atoms with E-state index in [2.05, 4.69) is 318 Å². The number of furan rings is 2. The molecule has 3 nitrogen and oxygen atoms in total. The van der Waals surface area contributed by atoms with Crippen molar-refractivity contribution >= 4 is 60.9 Å². The van der Waals surface area contributed by atoms with Crippen LogP contribution in [0.25, 0.3) is 88.4 Å². The van der Waals surface area contributed by atoms with Crippen LogP contribution in [0.3, 0.4) is 0 Å². The van der Waals surface area contributed by atoms with Crippen LogP contribution in [0.4, 0.5) is 17.1 Å². The van der Waals surface area contributed by atoms with Crippen molar-refractivity contribution in [2.45, 2.75) is 49.4 Å². The molecular weight excluding hydrogens is 1080 g/mol. The van der Waals surface area contributed by atoms with Crippen LogP contribution < -0.4 is 4.90 Å². The molecule has 0 spiro atoms. The smallest absolute Gasteiger partial charge is 0.144 e. The molecule has 0 aliphatic heterocycles. The molecule has 0 fully saturated rings. The van der Waals surface area contributed by atoms with E-state index in [1.165, 1.54) is 117 Å². The maximum atomic E-state index is 7.08. The van der Waals surface area contributed by atoms with Crippen molar-refractivity contribution in [1.82, 2.24) is 0 Å². The summed E-state index contributed by atoms with van der Waals surface area (Å²) in [5.41, 5.74) is 30.2. The maximum absolute atomic E-state index is 7.08. The highest BCUT2D eigenvalue weighted by Crippen LogP contribution is 2.67. The summed E-state index contributed by atoms with van der Waals surface area (Å²) in [6.07, 6.45) is 0. The van der Waals surface area contributed by atoms with E-state index in [1.807, 2.05) is 0 Å². The normalized spacial score (nSPS) is 15.3. The lowest BCUT2D eigenvalue weighted by atomic mass is 9.66. The van der Waals surface area contributed by atoms with Gasteiger partial charge in [-0.2, -0.15) is 0 Å². The molecular formula is C86H59NO2. The largest absolute Gasteiger partial charge is 0.456 e. The Balaban J connectivity index is 0.879. The molecule has 19 rings (SSSR count). The zero-order valence-electron chi connectivity index (χ0n) is 49.9. The van der Waals surface area contributed by atoms with Crippen molar-refractivity contribution in [2.24, 2.45) is 0 Å². The van der Waals surface area contributed by atoms with Crippen molar-refractivity contribution in [1.29, 1.82) is 0 Å². The van der Waals surface area contributed by atoms with Crippen LogP contribution in [0.1, 0.15) is 94.5 Å². The fourth-order valence-corrected chi connectivity index (χ4v) is 17.6. The van der Waals surface area contributed by atoms with Crippen LogP contribution in [0.15, 0.2) is 294 Å². The Morgan fingerprint density at radius 3 is 1.35 bits per heavy atom. The third-order valence-corrected chi connectivity index (χ3v) is 21.1. The Kier molecular flexibility index (Phi) is 10.2. The van der Waals surface area contributed by atoms with E-state index >= 15 is 0 Å². The van der Waals surface area contributed by atoms with E-state index in [4.69, 9.17) is 8.83 Å². The van der Waals surface area contributed by atoms with E-state index < -0.39 is 10.8 Å². The summed E-state index contributed by atoms with van der Waals surface area (Å²) < 4.78 is 13.9. The lowest BCUT2D eigenvalue weighted by Gasteiger charge is -2.36. The summed E-state index contributed by atoms with van der Waals surface area (Å²) in [7, 11) is 0. The monoisotopic (exact) mass is 1140 g/mol. The second kappa shape index (κ2) is 17.9. The third-order valence-electron chi connectivity index (χ3n) is 21.1. The fraction of sp³-hybridized carbons (Fsp3) is 0.0930. The molecule has 0 bridgehead atoms. The van der Waals surface area contributed by atoms with Gasteiger partial charge in [0, 0.05) is 55.0 Å². The molecule has 0 amide bonds. The van der Waals surface area contributed by atoms with Crippen LogP contribution in [0.5, 0.6) is 0 Å². The van der Waals surface area contributed by atoms with E-state index in [-0.39, 0.29) is 10.8 Å². The molecule has 0 unspecified atom stereocenters. The Bertz CT molecular complexity index is 5400. The standard InChI is InChI=1S/C86H59NO2/c1-83(2)66-39-23-20-36-60(66)79-81(83)80-77(78-63-38-22-25-41-73(63)89-82(78)79)61-45-43-57(48-68(61)84(80,3)4)87(56-34-18-9-19-35-56)58-42-44-59-64-50-71-65(51-70(64)86(69(59)49-58,54-30-14-7-15-31-54)55-32-16-8-17-33-55)75-67(46-47-74-76(75)62-37-21-24-40-72(62)88-74)85(71,52-26-10-5-11-27-52)53-28-12-6-13-29-53/h5-51H,1-4H3. The topological polar surface area (TPSA) is 29.5 Å². The average Bonchev–Trinajstić information content (AvgIpc) is 1.52. The van der Waals surface area contributed by atoms with Gasteiger partial charge >= 0.3 is 0 Å². The van der Waals surface area contributed by atoms with Crippen molar-refractivity contribution in [2.75, 3.05) is 4.90 Å². The van der Waals surface area contributed by atoms with E-state index in [0.717, 1.165) is 55.6 Å². The predicted molar refractivity (Wildman–Crippen MR) is 365 cm³/mol. The molecule has 4 aliphatic rings. The number of para-hydroxylation sites is 3. The quantitative estimate of drug-likeness (QED) is 0.159. The zero-order chi connectivity index (χ0) is 59.1. The molecule has 0 N–H and O–H groups in total. The first kappa shape index (κ1) is 50.4. The van der Waals surface area contributed by atoms with Gasteiger partial charge in [-0.25, -0.2) is 0 Å². The molecule has 89 heavy (non-hydrogen) atoms. The van der Waals surface area contributed by atoms with Gasteiger partial charge in [-0.1, -0.05) is 246 Å². The van der Waals surface area contributed by atoms with E-state index in [1.54, 1.807) is 0 Å². The van der Waals surface area contributed by atoms with Gasteiger partial charge < -0.3 is 13.7 Å². The predicted octanol–water partition coefficient (Wildman–Crippen LogP) is 22.3. The van der Waals surface area contributed by atoms with E-state index in [0.29, 0.717) is 0 Å². The number of fused-ring (bicyclic) bond motifs is 22. The molecule has 15 aromatic rings. The molecule has 0 atom stereocenters. The lowest BCUT2D eigenvalue weighted by Crippen LogP contribution is -2.30. The zero-order valence-corrected chi connectivity index (χ0v) is 49.9. The highest BCUT2D eigenvalue weighted by atomic mass is 16.3. The fourth-order valence-electron chi connectivity index (χ4n) is 17.6. The summed E-state index contributed by atoms with van der Waals surface area (Å²) in [4.78, 5) is 2.50. The van der Waals surface area contributed by atoms with Crippen molar-refractivity contribution in [3.8, 4) is 44.5 Å². The van der Waals surface area contributed by atoms with Crippen LogP contribution in [-0.4, -0.2) is 0 Å². The van der Waals surface area contributed by atoms with Gasteiger partial charge in [-0.05, 0) is 172 Å². The highest BCUT2D eigenvalue weighted by Gasteiger charge is 2.53. The summed E-state index contributed by atoms with van der Waals surface area (Å²) in [5, 5.41) is 4.63. The number of nitrogens with zero attached hydrogens (tertiary/aromatic N) is 1. The number of hydrogen-bond donors (Lipinski definition) is 0. The minimum atomic E-state index is -0.747. The van der Waals surface area contributed by atoms with Gasteiger partial charge in [0.15, 0.2) is 0 Å². The number of hydrogen-bond acceptors (Lipinski definition) is 3. The first-order valence-electron chi connectivity index (χ1n) is 31.3. The molecule has 3 heteroatoms. The summed E-state index contributed by atoms with van der Waals surface area (Å²) >= 11 is 0. The Labute approximate surface area is 517 Å². The summed E-state index contributed by atoms with van der Waals surface area (Å²) in [6.45, 7) is 9.76. The van der Waals surface area contributed by atoms with Crippen LogP contribution in [0, 0.1) is 0 Å². The summed E-state index contributed by atoms with van der Waals surface area (Å²) in [6, 6.07) is 107. The lowest BCUT2D eigenvalue weighted by molar-refractivity contribution is 0.600. The second-order valence-corrected chi connectivity index (χ2v) is 26.1. The van der Waals surface area contributed by atoms with Gasteiger partial charge in [0.05, 0.1) is 10.8 Å². The number of rotatable bonds is 7. The molecule has 4 aliphatic carbocycles. The van der Waals surface area contributed by atoms with Gasteiger partial charge in [-0.3, -0.25) is 0 Å². The van der Waals surface area contributed by atoms with E-state index in [9.17, 15) is 0 Å². The molecule has 420 valence electrons. The Morgan fingerprint density at radius 1 is 0.270 bits per heavy atom. The minimum Gasteiger partial charge on any atom is -0.456 e. The van der Waals surface area contributed by atoms with Crippen molar-refractivity contribution in [3.05, 3.63) is 352 Å². The third kappa shape index (κ3) is 6.41. The van der Waals surface area contributed by atoms with Gasteiger partial charge in [0.1, 0.15) is 22.3 Å². The maximum Gasteiger partial charge on any atom is 0.144 e. The molecule has 0 radical (unpaired) electrons. The van der Waals surface area contributed by atoms with Crippen LogP contribution >= 0.6 is 0 Å². The average molecular weight is 1140 g/mol.